The van der Waals surface area contributed by atoms with Crippen LogP contribution in [0.4, 0.5) is 5.95 Å². The summed E-state index contributed by atoms with van der Waals surface area (Å²) in [5.74, 6) is 3.92. The van der Waals surface area contributed by atoms with E-state index in [4.69, 9.17) is 4.74 Å². The molecule has 4 heteroatoms. The Bertz CT molecular complexity index is 423. The third-order valence-corrected chi connectivity index (χ3v) is 4.57. The van der Waals surface area contributed by atoms with Gasteiger partial charge < -0.3 is 14.6 Å². The Morgan fingerprint density at radius 2 is 2.05 bits per heavy atom. The van der Waals surface area contributed by atoms with E-state index in [0.717, 1.165) is 55.5 Å². The highest BCUT2D eigenvalue weighted by atomic mass is 16.5. The van der Waals surface area contributed by atoms with E-state index in [1.807, 2.05) is 0 Å². The highest BCUT2D eigenvalue weighted by Crippen LogP contribution is 2.50. The molecule has 1 aromatic heterocycles. The zero-order valence-corrected chi connectivity index (χ0v) is 12.8. The average Bonchev–Trinajstić information content (AvgIpc) is 3.32. The fraction of sp³-hybridized carbons (Fsp3) is 0.812. The van der Waals surface area contributed by atoms with Gasteiger partial charge in [-0.05, 0) is 56.8 Å². The van der Waals surface area contributed by atoms with Crippen molar-refractivity contribution >= 4 is 5.95 Å². The van der Waals surface area contributed by atoms with Crippen LogP contribution >= 0.6 is 0 Å². The summed E-state index contributed by atoms with van der Waals surface area (Å²) in [6.07, 6.45) is 9.03. The molecule has 0 saturated heterocycles. The van der Waals surface area contributed by atoms with Gasteiger partial charge in [-0.15, -0.1) is 0 Å². The number of aryl methyl sites for hydroxylation is 1. The van der Waals surface area contributed by atoms with Crippen LogP contribution in [-0.2, 0) is 11.3 Å². The first-order chi connectivity index (χ1) is 9.78. The standard InChI is InChI=1S/C16H27N3O/c1-12-10-19(16(18-12)17-8-3-9-20-2)11-15(13-4-5-13)14-6-7-14/h10,13-15H,3-9,11H2,1-2H3,(H,17,18). The van der Waals surface area contributed by atoms with Gasteiger partial charge in [0.1, 0.15) is 0 Å². The number of hydrogen-bond donors (Lipinski definition) is 1. The summed E-state index contributed by atoms with van der Waals surface area (Å²) < 4.78 is 7.44. The van der Waals surface area contributed by atoms with Gasteiger partial charge in [-0.2, -0.15) is 0 Å². The zero-order chi connectivity index (χ0) is 13.9. The predicted octanol–water partition coefficient (Wildman–Crippen LogP) is 3.08. The van der Waals surface area contributed by atoms with Gasteiger partial charge in [-0.25, -0.2) is 4.98 Å². The number of nitrogens with one attached hydrogen (secondary N) is 1. The molecular weight excluding hydrogens is 250 g/mol. The average molecular weight is 277 g/mol. The van der Waals surface area contributed by atoms with Crippen molar-refractivity contribution in [3.05, 3.63) is 11.9 Å². The maximum atomic E-state index is 5.09. The number of rotatable bonds is 9. The lowest BCUT2D eigenvalue weighted by Crippen LogP contribution is -2.17. The summed E-state index contributed by atoms with van der Waals surface area (Å²) in [5.41, 5.74) is 1.12. The fourth-order valence-corrected chi connectivity index (χ4v) is 3.20. The number of nitrogens with zero attached hydrogens (tertiary/aromatic N) is 2. The van der Waals surface area contributed by atoms with E-state index in [1.165, 1.54) is 25.7 Å². The van der Waals surface area contributed by atoms with Crippen LogP contribution in [0.5, 0.6) is 0 Å². The number of hydrogen-bond acceptors (Lipinski definition) is 3. The zero-order valence-electron chi connectivity index (χ0n) is 12.8. The van der Waals surface area contributed by atoms with Crippen molar-refractivity contribution in [2.75, 3.05) is 25.6 Å². The van der Waals surface area contributed by atoms with E-state index < -0.39 is 0 Å². The molecule has 2 saturated carbocycles. The molecule has 0 bridgehead atoms. The molecule has 1 aromatic rings. The lowest BCUT2D eigenvalue weighted by molar-refractivity contribution is 0.197. The molecule has 3 rings (SSSR count). The van der Waals surface area contributed by atoms with E-state index in [2.05, 4.69) is 28.0 Å². The first kappa shape index (κ1) is 13.9. The molecule has 1 N–H and O–H groups in total. The van der Waals surface area contributed by atoms with E-state index >= 15 is 0 Å². The minimum Gasteiger partial charge on any atom is -0.385 e. The van der Waals surface area contributed by atoms with Gasteiger partial charge in [-0.3, -0.25) is 0 Å². The largest absolute Gasteiger partial charge is 0.385 e. The summed E-state index contributed by atoms with van der Waals surface area (Å²) in [6.45, 7) is 4.98. The molecule has 112 valence electrons. The van der Waals surface area contributed by atoms with Crippen molar-refractivity contribution in [3.63, 3.8) is 0 Å². The highest BCUT2D eigenvalue weighted by molar-refractivity contribution is 5.28. The van der Waals surface area contributed by atoms with Crippen molar-refractivity contribution in [1.82, 2.24) is 9.55 Å². The molecule has 2 fully saturated rings. The topological polar surface area (TPSA) is 39.1 Å². The van der Waals surface area contributed by atoms with E-state index in [0.29, 0.717) is 0 Å². The fourth-order valence-electron chi connectivity index (χ4n) is 3.20. The molecule has 0 unspecified atom stereocenters. The van der Waals surface area contributed by atoms with Crippen LogP contribution in [0.25, 0.3) is 0 Å². The summed E-state index contributed by atoms with van der Waals surface area (Å²) in [7, 11) is 1.75. The van der Waals surface area contributed by atoms with Crippen LogP contribution in [0.3, 0.4) is 0 Å². The highest BCUT2D eigenvalue weighted by Gasteiger charge is 2.41. The smallest absolute Gasteiger partial charge is 0.203 e. The molecule has 20 heavy (non-hydrogen) atoms. The first-order valence-corrected chi connectivity index (χ1v) is 8.04. The van der Waals surface area contributed by atoms with Crippen LogP contribution in [0, 0.1) is 24.7 Å². The normalized spacial score (nSPS) is 18.8. The van der Waals surface area contributed by atoms with E-state index in [9.17, 15) is 0 Å². The van der Waals surface area contributed by atoms with Gasteiger partial charge >= 0.3 is 0 Å². The molecule has 0 atom stereocenters. The molecule has 0 aromatic carbocycles. The van der Waals surface area contributed by atoms with E-state index in [-0.39, 0.29) is 0 Å². The predicted molar refractivity (Wildman–Crippen MR) is 80.9 cm³/mol. The second-order valence-electron chi connectivity index (χ2n) is 6.47. The molecular formula is C16H27N3O. The SMILES string of the molecule is COCCCNc1nc(C)cn1CC(C1CC1)C1CC1. The van der Waals surface area contributed by atoms with Gasteiger partial charge in [0, 0.05) is 33.0 Å². The molecule has 0 spiro atoms. The second-order valence-corrected chi connectivity index (χ2v) is 6.47. The van der Waals surface area contributed by atoms with Crippen LogP contribution in [0.2, 0.25) is 0 Å². The van der Waals surface area contributed by atoms with Crippen molar-refractivity contribution < 1.29 is 4.74 Å². The summed E-state index contributed by atoms with van der Waals surface area (Å²) in [4.78, 5) is 4.63. The molecule has 0 amide bonds. The van der Waals surface area contributed by atoms with Crippen LogP contribution < -0.4 is 5.32 Å². The minimum absolute atomic E-state index is 0.805. The third-order valence-electron chi connectivity index (χ3n) is 4.57. The molecule has 2 aliphatic rings. The Labute approximate surface area is 121 Å². The number of aromatic nitrogens is 2. The number of anilines is 1. The summed E-state index contributed by atoms with van der Waals surface area (Å²) in [6, 6.07) is 0. The number of ether oxygens (including phenoxy) is 1. The van der Waals surface area contributed by atoms with Gasteiger partial charge in [0.05, 0.1) is 5.69 Å². The monoisotopic (exact) mass is 277 g/mol. The minimum atomic E-state index is 0.805. The lowest BCUT2D eigenvalue weighted by atomic mass is 9.98. The van der Waals surface area contributed by atoms with Gasteiger partial charge in [0.25, 0.3) is 0 Å². The third kappa shape index (κ3) is 3.54. The Balaban J connectivity index is 1.59. The summed E-state index contributed by atoms with van der Waals surface area (Å²) in [5, 5.41) is 3.46. The Morgan fingerprint density at radius 3 is 2.65 bits per heavy atom. The van der Waals surface area contributed by atoms with Crippen molar-refractivity contribution in [2.24, 2.45) is 17.8 Å². The number of imidazole rings is 1. The maximum Gasteiger partial charge on any atom is 0.203 e. The van der Waals surface area contributed by atoms with E-state index in [1.54, 1.807) is 7.11 Å². The quantitative estimate of drug-likeness (QED) is 0.705. The Morgan fingerprint density at radius 1 is 1.35 bits per heavy atom. The van der Waals surface area contributed by atoms with Crippen molar-refractivity contribution in [3.8, 4) is 0 Å². The molecule has 2 aliphatic carbocycles. The van der Waals surface area contributed by atoms with Crippen molar-refractivity contribution in [2.45, 2.75) is 45.6 Å². The van der Waals surface area contributed by atoms with Crippen LogP contribution in [-0.4, -0.2) is 29.8 Å². The van der Waals surface area contributed by atoms with Gasteiger partial charge in [0.15, 0.2) is 0 Å². The van der Waals surface area contributed by atoms with Crippen LogP contribution in [0.15, 0.2) is 6.20 Å². The molecule has 0 aliphatic heterocycles. The molecule has 4 nitrogen and oxygen atoms in total. The van der Waals surface area contributed by atoms with Crippen molar-refractivity contribution in [1.29, 1.82) is 0 Å². The van der Waals surface area contributed by atoms with Gasteiger partial charge in [-0.1, -0.05) is 0 Å². The maximum absolute atomic E-state index is 5.09. The van der Waals surface area contributed by atoms with Gasteiger partial charge in [0.2, 0.25) is 5.95 Å². The lowest BCUT2D eigenvalue weighted by Gasteiger charge is -2.18. The first-order valence-electron chi connectivity index (χ1n) is 8.04. The molecule has 1 heterocycles. The Hall–Kier alpha value is -1.03. The number of methoxy groups -OCH3 is 1. The second kappa shape index (κ2) is 6.17. The Kier molecular flexibility index (Phi) is 4.29. The van der Waals surface area contributed by atoms with Crippen LogP contribution in [0.1, 0.15) is 37.8 Å². The molecule has 0 radical (unpaired) electrons. The summed E-state index contributed by atoms with van der Waals surface area (Å²) >= 11 is 0.